The molecule has 0 saturated carbocycles. The first-order chi connectivity index (χ1) is 17.8. The summed E-state index contributed by atoms with van der Waals surface area (Å²) in [7, 11) is 2.23. The fourth-order valence-corrected chi connectivity index (χ4v) is 6.14. The molecule has 0 amide bonds. The lowest BCUT2D eigenvalue weighted by atomic mass is 9.92. The molecule has 5 aromatic rings. The second kappa shape index (κ2) is 8.69. The van der Waals surface area contributed by atoms with Crippen LogP contribution < -0.4 is 4.57 Å². The van der Waals surface area contributed by atoms with Crippen LogP contribution in [0.3, 0.4) is 0 Å². The minimum Gasteiger partial charge on any atom is -0.257 e. The van der Waals surface area contributed by atoms with Crippen molar-refractivity contribution in [2.75, 3.05) is 0 Å². The van der Waals surface area contributed by atoms with Gasteiger partial charge in [-0.05, 0) is 66.6 Å². The smallest absolute Gasteiger partial charge is 0.257 e. The molecule has 0 spiro atoms. The molecule has 0 bridgehead atoms. The van der Waals surface area contributed by atoms with Crippen molar-refractivity contribution in [1.29, 1.82) is 0 Å². The van der Waals surface area contributed by atoms with Crippen molar-refractivity contribution >= 4 is 11.0 Å². The topological polar surface area (TPSA) is 21.7 Å². The Kier molecular flexibility index (Phi) is 5.56. The number of hydrogen-bond donors (Lipinski definition) is 0. The number of fused-ring (bicyclic) bond motifs is 4. The van der Waals surface area contributed by atoms with E-state index >= 15 is 0 Å². The summed E-state index contributed by atoms with van der Waals surface area (Å²) in [4.78, 5) is 4.88. The normalized spacial score (nSPS) is 12.6. The second-order valence-electron chi connectivity index (χ2n) is 11.2. The Balaban J connectivity index is 1.78. The van der Waals surface area contributed by atoms with E-state index in [2.05, 4.69) is 124 Å². The molecular weight excluding hydrogens is 450 g/mol. The predicted octanol–water partition coefficient (Wildman–Crippen LogP) is 7.95. The van der Waals surface area contributed by atoms with Crippen molar-refractivity contribution < 1.29 is 4.57 Å². The van der Waals surface area contributed by atoms with E-state index in [1.54, 1.807) is 0 Å². The van der Waals surface area contributed by atoms with Gasteiger partial charge in [-0.3, -0.25) is 4.98 Å². The van der Waals surface area contributed by atoms with Crippen molar-refractivity contribution in [3.8, 4) is 28.2 Å². The third-order valence-corrected chi connectivity index (χ3v) is 8.05. The first kappa shape index (κ1) is 23.7. The maximum Gasteiger partial charge on any atom is 0.295 e. The summed E-state index contributed by atoms with van der Waals surface area (Å²) in [6.45, 7) is 13.5. The van der Waals surface area contributed by atoms with Gasteiger partial charge in [0.15, 0.2) is 11.0 Å². The molecule has 0 fully saturated rings. The fraction of sp³-hybridized carbons (Fsp3) is 0.294. The number of para-hydroxylation sites is 1. The molecule has 0 saturated heterocycles. The van der Waals surface area contributed by atoms with Crippen molar-refractivity contribution in [1.82, 2.24) is 9.55 Å². The molecule has 0 atom stereocenters. The van der Waals surface area contributed by atoms with Crippen molar-refractivity contribution in [2.24, 2.45) is 7.05 Å². The zero-order chi connectivity index (χ0) is 26.0. The van der Waals surface area contributed by atoms with Crippen molar-refractivity contribution in [3.05, 3.63) is 100 Å². The van der Waals surface area contributed by atoms with Gasteiger partial charge in [0, 0.05) is 28.8 Å². The van der Waals surface area contributed by atoms with Crippen LogP contribution in [0.2, 0.25) is 0 Å². The molecule has 0 radical (unpaired) electrons. The number of nitrogens with zero attached hydrogens (tertiary/aromatic N) is 3. The fourth-order valence-electron chi connectivity index (χ4n) is 6.14. The summed E-state index contributed by atoms with van der Waals surface area (Å²) in [5.41, 5.74) is 15.4. The first-order valence-electron chi connectivity index (χ1n) is 13.5. The molecule has 0 aliphatic heterocycles. The molecule has 2 aromatic heterocycles. The van der Waals surface area contributed by atoms with Crippen LogP contribution in [0.4, 0.5) is 0 Å². The van der Waals surface area contributed by atoms with Gasteiger partial charge in [-0.25, -0.2) is 4.57 Å². The number of imidazole rings is 1. The van der Waals surface area contributed by atoms with E-state index in [4.69, 9.17) is 4.98 Å². The Bertz CT molecular complexity index is 1660. The standard InChI is InChI=1S/C34H36N3/c1-20(2)25-13-10-14-26(21(3)4)33(25)37-32-19-29-24(17-30-28(29)16-15-23(6)35-30)18-31(32)36(7)34(37)27-12-9-8-11-22(27)5/h8-16,18-21H,17H2,1-7H3/q+1. The number of aryl methyl sites for hydroxylation is 3. The Morgan fingerprint density at radius 2 is 1.49 bits per heavy atom. The van der Waals surface area contributed by atoms with Gasteiger partial charge in [0.25, 0.3) is 5.82 Å². The minimum absolute atomic E-state index is 0.406. The molecule has 37 heavy (non-hydrogen) atoms. The maximum atomic E-state index is 4.88. The van der Waals surface area contributed by atoms with Crippen LogP contribution in [0.1, 0.15) is 73.2 Å². The highest BCUT2D eigenvalue weighted by Crippen LogP contribution is 2.42. The quantitative estimate of drug-likeness (QED) is 0.232. The average molecular weight is 487 g/mol. The summed E-state index contributed by atoms with van der Waals surface area (Å²) in [5, 5.41) is 0. The number of benzene rings is 3. The van der Waals surface area contributed by atoms with E-state index < -0.39 is 0 Å². The third kappa shape index (κ3) is 3.63. The van der Waals surface area contributed by atoms with Gasteiger partial charge in [-0.2, -0.15) is 4.57 Å². The van der Waals surface area contributed by atoms with Gasteiger partial charge >= 0.3 is 0 Å². The highest BCUT2D eigenvalue weighted by atomic mass is 15.2. The largest absolute Gasteiger partial charge is 0.295 e. The summed E-state index contributed by atoms with van der Waals surface area (Å²) in [6, 6.07) is 24.9. The molecule has 3 heteroatoms. The maximum absolute atomic E-state index is 4.88. The molecule has 3 nitrogen and oxygen atoms in total. The lowest BCUT2D eigenvalue weighted by Crippen LogP contribution is -2.30. The van der Waals surface area contributed by atoms with Crippen molar-refractivity contribution in [3.63, 3.8) is 0 Å². The Morgan fingerprint density at radius 3 is 2.16 bits per heavy atom. The zero-order valence-corrected chi connectivity index (χ0v) is 23.1. The van der Waals surface area contributed by atoms with Gasteiger partial charge in [-0.1, -0.05) is 70.2 Å². The van der Waals surface area contributed by atoms with Gasteiger partial charge in [-0.15, -0.1) is 0 Å². The predicted molar refractivity (Wildman–Crippen MR) is 154 cm³/mol. The van der Waals surface area contributed by atoms with Crippen LogP contribution in [0, 0.1) is 13.8 Å². The molecule has 1 aliphatic carbocycles. The van der Waals surface area contributed by atoms with E-state index in [9.17, 15) is 0 Å². The van der Waals surface area contributed by atoms with Gasteiger partial charge < -0.3 is 0 Å². The Hall–Kier alpha value is -3.72. The van der Waals surface area contributed by atoms with Crippen LogP contribution in [0.15, 0.2) is 66.7 Å². The zero-order valence-electron chi connectivity index (χ0n) is 23.1. The Morgan fingerprint density at radius 1 is 0.784 bits per heavy atom. The van der Waals surface area contributed by atoms with Gasteiger partial charge in [0.1, 0.15) is 5.69 Å². The number of rotatable bonds is 4. The molecule has 0 N–H and O–H groups in total. The first-order valence-corrected chi connectivity index (χ1v) is 13.5. The Labute approximate surface area is 220 Å². The molecule has 1 aliphatic rings. The van der Waals surface area contributed by atoms with E-state index in [-0.39, 0.29) is 0 Å². The highest BCUT2D eigenvalue weighted by molar-refractivity contribution is 5.89. The lowest BCUT2D eigenvalue weighted by molar-refractivity contribution is -0.633. The molecule has 2 heterocycles. The number of pyridine rings is 1. The highest BCUT2D eigenvalue weighted by Gasteiger charge is 2.33. The molecule has 3 aromatic carbocycles. The van der Waals surface area contributed by atoms with Crippen molar-refractivity contribution in [2.45, 2.75) is 59.8 Å². The molecule has 0 unspecified atom stereocenters. The van der Waals surface area contributed by atoms with E-state index in [1.165, 1.54) is 67.2 Å². The van der Waals surface area contributed by atoms with Crippen LogP contribution in [-0.2, 0) is 13.5 Å². The summed E-state index contributed by atoms with van der Waals surface area (Å²) < 4.78 is 4.96. The molecular formula is C34H36N3+. The second-order valence-corrected chi connectivity index (χ2v) is 11.2. The number of aromatic nitrogens is 3. The van der Waals surface area contributed by atoms with Gasteiger partial charge in [0.05, 0.1) is 18.3 Å². The average Bonchev–Trinajstić information content (AvgIpc) is 3.35. The van der Waals surface area contributed by atoms with Crippen LogP contribution in [0.25, 0.3) is 39.2 Å². The lowest BCUT2D eigenvalue weighted by Gasteiger charge is -2.18. The van der Waals surface area contributed by atoms with Gasteiger partial charge in [0.2, 0.25) is 0 Å². The van der Waals surface area contributed by atoms with Crippen LogP contribution >= 0.6 is 0 Å². The molecule has 186 valence electrons. The van der Waals surface area contributed by atoms with E-state index in [1.807, 2.05) is 0 Å². The number of hydrogen-bond acceptors (Lipinski definition) is 1. The SMILES string of the molecule is Cc1ccc2c(n1)Cc1cc3c(cc1-2)n(-c1c(C(C)C)cccc1C(C)C)c(-c1ccccc1C)[n+]3C. The van der Waals surface area contributed by atoms with Crippen LogP contribution in [0.5, 0.6) is 0 Å². The molecule has 6 rings (SSSR count). The summed E-state index contributed by atoms with van der Waals surface area (Å²) in [6.07, 6.45) is 0.896. The summed E-state index contributed by atoms with van der Waals surface area (Å²) in [5.74, 6) is 2.04. The van der Waals surface area contributed by atoms with E-state index in [0.717, 1.165) is 12.1 Å². The third-order valence-electron chi connectivity index (χ3n) is 8.05. The summed E-state index contributed by atoms with van der Waals surface area (Å²) >= 11 is 0. The van der Waals surface area contributed by atoms with Crippen LogP contribution in [-0.4, -0.2) is 9.55 Å². The minimum atomic E-state index is 0.406. The monoisotopic (exact) mass is 486 g/mol. The van der Waals surface area contributed by atoms with E-state index in [0.29, 0.717) is 11.8 Å².